The number of rotatable bonds is 8. The first-order valence-electron chi connectivity index (χ1n) is 6.00. The fourth-order valence-corrected chi connectivity index (χ4v) is 1.34. The number of ether oxygens (including phenoxy) is 1. The number of anilines is 1. The molecular formula is C13H23N3O. The minimum Gasteiger partial charge on any atom is -0.380 e. The molecule has 0 unspecified atom stereocenters. The molecule has 17 heavy (non-hydrogen) atoms. The van der Waals surface area contributed by atoms with E-state index in [0.717, 1.165) is 12.1 Å². The molecule has 0 spiro atoms. The summed E-state index contributed by atoms with van der Waals surface area (Å²) in [5.74, 6) is 0. The molecule has 1 aromatic carbocycles. The molecule has 0 aliphatic rings. The minimum absolute atomic E-state index is 0.0234. The lowest BCUT2D eigenvalue weighted by Gasteiger charge is -2.27. The van der Waals surface area contributed by atoms with Crippen molar-refractivity contribution >= 4 is 5.69 Å². The Hall–Kier alpha value is -1.10. The van der Waals surface area contributed by atoms with Gasteiger partial charge in [0.25, 0.3) is 0 Å². The number of nitrogens with one attached hydrogen (secondary N) is 2. The van der Waals surface area contributed by atoms with Crippen molar-refractivity contribution in [3.05, 3.63) is 30.3 Å². The molecule has 0 heterocycles. The maximum Gasteiger partial charge on any atom is 0.0588 e. The number of nitrogens with two attached hydrogens (primary N) is 1. The molecule has 4 heteroatoms. The number of hydrazine groups is 1. The van der Waals surface area contributed by atoms with Gasteiger partial charge in [0.2, 0.25) is 0 Å². The molecular weight excluding hydrogens is 214 g/mol. The highest BCUT2D eigenvalue weighted by molar-refractivity contribution is 5.41. The highest BCUT2D eigenvalue weighted by atomic mass is 16.5. The largest absolute Gasteiger partial charge is 0.380 e. The summed E-state index contributed by atoms with van der Waals surface area (Å²) in [6.45, 7) is 6.19. The normalized spacial score (nSPS) is 11.5. The first kappa shape index (κ1) is 14.0. The maximum absolute atomic E-state index is 5.38. The van der Waals surface area contributed by atoms with E-state index in [4.69, 9.17) is 10.5 Å². The summed E-state index contributed by atoms with van der Waals surface area (Å²) in [6, 6.07) is 10.0. The molecule has 0 aromatic heterocycles. The summed E-state index contributed by atoms with van der Waals surface area (Å²) in [5, 5.41) is 0. The predicted molar refractivity (Wildman–Crippen MR) is 71.8 cm³/mol. The zero-order valence-electron chi connectivity index (χ0n) is 10.7. The molecule has 0 atom stereocenters. The topological polar surface area (TPSA) is 59.3 Å². The molecule has 0 aliphatic heterocycles. The van der Waals surface area contributed by atoms with Gasteiger partial charge in [0.05, 0.1) is 6.61 Å². The summed E-state index contributed by atoms with van der Waals surface area (Å²) < 4.78 is 5.38. The summed E-state index contributed by atoms with van der Waals surface area (Å²) in [5.41, 5.74) is 12.9. The van der Waals surface area contributed by atoms with Gasteiger partial charge in [-0.05, 0) is 32.4 Å². The van der Waals surface area contributed by atoms with E-state index in [0.29, 0.717) is 19.8 Å². The average Bonchev–Trinajstić information content (AvgIpc) is 2.34. The van der Waals surface area contributed by atoms with Gasteiger partial charge in [-0.1, -0.05) is 18.2 Å². The van der Waals surface area contributed by atoms with Crippen molar-refractivity contribution in [1.82, 2.24) is 5.43 Å². The van der Waals surface area contributed by atoms with Gasteiger partial charge in [-0.15, -0.1) is 0 Å². The lowest BCUT2D eigenvalue weighted by atomic mass is 10.0. The smallest absolute Gasteiger partial charge is 0.0588 e. The van der Waals surface area contributed by atoms with Crippen LogP contribution in [0, 0.1) is 0 Å². The van der Waals surface area contributed by atoms with Gasteiger partial charge in [0, 0.05) is 24.4 Å². The van der Waals surface area contributed by atoms with E-state index in [1.54, 1.807) is 0 Å². The van der Waals surface area contributed by atoms with E-state index >= 15 is 0 Å². The molecule has 0 radical (unpaired) electrons. The third-order valence-electron chi connectivity index (χ3n) is 2.45. The van der Waals surface area contributed by atoms with E-state index in [1.807, 2.05) is 30.3 Å². The first-order valence-corrected chi connectivity index (χ1v) is 6.00. The van der Waals surface area contributed by atoms with Crippen molar-refractivity contribution < 1.29 is 4.74 Å². The van der Waals surface area contributed by atoms with Gasteiger partial charge in [-0.25, -0.2) is 5.43 Å². The van der Waals surface area contributed by atoms with Crippen molar-refractivity contribution in [3.8, 4) is 0 Å². The van der Waals surface area contributed by atoms with Gasteiger partial charge in [0.15, 0.2) is 0 Å². The average molecular weight is 237 g/mol. The lowest BCUT2D eigenvalue weighted by Crippen LogP contribution is -2.43. The van der Waals surface area contributed by atoms with Crippen molar-refractivity contribution in [2.24, 2.45) is 5.73 Å². The molecule has 0 saturated heterocycles. The molecule has 4 nitrogen and oxygen atoms in total. The van der Waals surface area contributed by atoms with Crippen molar-refractivity contribution in [2.45, 2.75) is 25.8 Å². The first-order chi connectivity index (χ1) is 8.14. The van der Waals surface area contributed by atoms with Crippen molar-refractivity contribution in [1.29, 1.82) is 0 Å². The highest BCUT2D eigenvalue weighted by Gasteiger charge is 2.16. The molecule has 0 saturated carbocycles. The molecule has 1 rings (SSSR count). The van der Waals surface area contributed by atoms with Crippen LogP contribution in [0.2, 0.25) is 0 Å². The lowest BCUT2D eigenvalue weighted by molar-refractivity contribution is 0.120. The second-order valence-corrected chi connectivity index (χ2v) is 4.65. The molecule has 1 aromatic rings. The predicted octanol–water partition coefficient (Wildman–Crippen LogP) is 1.75. The SMILES string of the molecule is CC(C)(CCOCCN)NNc1ccccc1. The Bertz CT molecular complexity index is 301. The van der Waals surface area contributed by atoms with E-state index in [-0.39, 0.29) is 5.54 Å². The van der Waals surface area contributed by atoms with E-state index in [9.17, 15) is 0 Å². The van der Waals surface area contributed by atoms with E-state index in [2.05, 4.69) is 24.7 Å². The Labute approximate surface area is 104 Å². The van der Waals surface area contributed by atoms with Crippen LogP contribution in [0.25, 0.3) is 0 Å². The van der Waals surface area contributed by atoms with E-state index < -0.39 is 0 Å². The molecule has 4 N–H and O–H groups in total. The number of benzene rings is 1. The van der Waals surface area contributed by atoms with Crippen LogP contribution in [-0.4, -0.2) is 25.3 Å². The Morgan fingerprint density at radius 3 is 2.53 bits per heavy atom. The minimum atomic E-state index is -0.0234. The van der Waals surface area contributed by atoms with Crippen LogP contribution < -0.4 is 16.6 Å². The van der Waals surface area contributed by atoms with Crippen molar-refractivity contribution in [2.75, 3.05) is 25.2 Å². The Kier molecular flexibility index (Phi) is 5.97. The fraction of sp³-hybridized carbons (Fsp3) is 0.538. The van der Waals surface area contributed by atoms with Crippen LogP contribution in [0.3, 0.4) is 0 Å². The summed E-state index contributed by atoms with van der Waals surface area (Å²) in [6.07, 6.45) is 0.923. The molecule has 96 valence electrons. The quantitative estimate of drug-likeness (QED) is 0.476. The highest BCUT2D eigenvalue weighted by Crippen LogP contribution is 2.10. The summed E-state index contributed by atoms with van der Waals surface area (Å²) in [4.78, 5) is 0. The van der Waals surface area contributed by atoms with Gasteiger partial charge >= 0.3 is 0 Å². The Morgan fingerprint density at radius 2 is 1.88 bits per heavy atom. The van der Waals surface area contributed by atoms with Crippen LogP contribution in [0.4, 0.5) is 5.69 Å². The van der Waals surface area contributed by atoms with Crippen LogP contribution in [0.5, 0.6) is 0 Å². The molecule has 0 amide bonds. The second kappa shape index (κ2) is 7.27. The van der Waals surface area contributed by atoms with Crippen LogP contribution >= 0.6 is 0 Å². The fourth-order valence-electron chi connectivity index (χ4n) is 1.34. The zero-order chi connectivity index (χ0) is 12.6. The van der Waals surface area contributed by atoms with Gasteiger partial charge in [-0.2, -0.15) is 0 Å². The Balaban J connectivity index is 2.24. The number of para-hydroxylation sites is 1. The van der Waals surface area contributed by atoms with Gasteiger partial charge in [-0.3, -0.25) is 0 Å². The number of hydrogen-bond acceptors (Lipinski definition) is 4. The summed E-state index contributed by atoms with van der Waals surface area (Å²) in [7, 11) is 0. The van der Waals surface area contributed by atoms with Gasteiger partial charge in [0.1, 0.15) is 0 Å². The van der Waals surface area contributed by atoms with E-state index in [1.165, 1.54) is 0 Å². The summed E-state index contributed by atoms with van der Waals surface area (Å²) >= 11 is 0. The third kappa shape index (κ3) is 6.26. The van der Waals surface area contributed by atoms with Crippen molar-refractivity contribution in [3.63, 3.8) is 0 Å². The number of hydrogen-bond donors (Lipinski definition) is 3. The molecule has 0 bridgehead atoms. The standard InChI is InChI=1S/C13H23N3O/c1-13(2,8-10-17-11-9-14)16-15-12-6-4-3-5-7-12/h3-7,15-16H,8-11,14H2,1-2H3. The zero-order valence-corrected chi connectivity index (χ0v) is 10.7. The third-order valence-corrected chi connectivity index (χ3v) is 2.45. The molecule has 0 fully saturated rings. The maximum atomic E-state index is 5.38. The molecule has 0 aliphatic carbocycles. The van der Waals surface area contributed by atoms with Crippen LogP contribution in [-0.2, 0) is 4.74 Å². The Morgan fingerprint density at radius 1 is 1.18 bits per heavy atom. The van der Waals surface area contributed by atoms with Crippen LogP contribution in [0.1, 0.15) is 20.3 Å². The van der Waals surface area contributed by atoms with Crippen LogP contribution in [0.15, 0.2) is 30.3 Å². The van der Waals surface area contributed by atoms with Gasteiger partial charge < -0.3 is 15.9 Å². The monoisotopic (exact) mass is 237 g/mol. The second-order valence-electron chi connectivity index (χ2n) is 4.65.